The molecule has 0 bridgehead atoms. The summed E-state index contributed by atoms with van der Waals surface area (Å²) in [6.45, 7) is 1.86. The van der Waals surface area contributed by atoms with Crippen LogP contribution in [-0.2, 0) is 0 Å². The highest BCUT2D eigenvalue weighted by atomic mass is 16.5. The third-order valence-electron chi connectivity index (χ3n) is 3.84. The Balaban J connectivity index is 1.93. The molecule has 122 valence electrons. The van der Waals surface area contributed by atoms with Gasteiger partial charge in [0.2, 0.25) is 0 Å². The first-order valence-electron chi connectivity index (χ1n) is 7.57. The van der Waals surface area contributed by atoms with Crippen LogP contribution in [0.4, 0.5) is 0 Å². The summed E-state index contributed by atoms with van der Waals surface area (Å²) in [6, 6.07) is 16.1. The molecule has 2 aromatic carbocycles. The van der Waals surface area contributed by atoms with Gasteiger partial charge < -0.3 is 14.5 Å². The molecule has 3 aromatic rings. The minimum Gasteiger partial charge on any atom is -0.493 e. The molecular weight excluding hydrogens is 306 g/mol. The maximum Gasteiger partial charge on any atom is 0.349 e. The van der Waals surface area contributed by atoms with Crippen molar-refractivity contribution in [2.45, 2.75) is 13.0 Å². The molecule has 0 spiro atoms. The molecule has 0 fully saturated rings. The van der Waals surface area contributed by atoms with Gasteiger partial charge in [-0.05, 0) is 24.6 Å². The van der Waals surface area contributed by atoms with E-state index in [0.29, 0.717) is 16.7 Å². The number of ether oxygens (including phenoxy) is 1. The van der Waals surface area contributed by atoms with Gasteiger partial charge in [0.25, 0.3) is 5.91 Å². The Kier molecular flexibility index (Phi) is 4.33. The van der Waals surface area contributed by atoms with Crippen molar-refractivity contribution in [2.75, 3.05) is 7.11 Å². The normalized spacial score (nSPS) is 11.9. The van der Waals surface area contributed by atoms with Gasteiger partial charge in [0.05, 0.1) is 13.2 Å². The fourth-order valence-corrected chi connectivity index (χ4v) is 2.54. The summed E-state index contributed by atoms with van der Waals surface area (Å²) in [7, 11) is 1.50. The van der Waals surface area contributed by atoms with Gasteiger partial charge in [0.1, 0.15) is 5.56 Å². The van der Waals surface area contributed by atoms with E-state index in [0.717, 1.165) is 5.56 Å². The molecule has 3 rings (SSSR count). The van der Waals surface area contributed by atoms with Crippen LogP contribution in [-0.4, -0.2) is 13.0 Å². The van der Waals surface area contributed by atoms with Crippen molar-refractivity contribution in [3.05, 3.63) is 76.1 Å². The zero-order valence-electron chi connectivity index (χ0n) is 13.4. The lowest BCUT2D eigenvalue weighted by molar-refractivity contribution is 0.0936. The smallest absolute Gasteiger partial charge is 0.349 e. The van der Waals surface area contributed by atoms with E-state index < -0.39 is 11.5 Å². The Labute approximate surface area is 138 Å². The van der Waals surface area contributed by atoms with E-state index in [4.69, 9.17) is 9.15 Å². The fraction of sp³-hybridized carbons (Fsp3) is 0.158. The highest BCUT2D eigenvalue weighted by Crippen LogP contribution is 2.24. The first-order valence-corrected chi connectivity index (χ1v) is 7.57. The van der Waals surface area contributed by atoms with Gasteiger partial charge >= 0.3 is 5.63 Å². The van der Waals surface area contributed by atoms with Crippen LogP contribution in [0.2, 0.25) is 0 Å². The van der Waals surface area contributed by atoms with E-state index in [1.807, 2.05) is 37.3 Å². The first kappa shape index (κ1) is 15.8. The molecule has 0 aliphatic carbocycles. The predicted molar refractivity (Wildman–Crippen MR) is 91.4 cm³/mol. The van der Waals surface area contributed by atoms with Gasteiger partial charge in [-0.25, -0.2) is 4.79 Å². The van der Waals surface area contributed by atoms with Gasteiger partial charge in [0.15, 0.2) is 11.3 Å². The topological polar surface area (TPSA) is 68.5 Å². The standard InChI is InChI=1S/C19H17NO4/c1-12(13-7-4-3-5-8-13)20-18(21)15-11-14-9-6-10-16(23-2)17(14)24-19(15)22/h3-12H,1-2H3,(H,20,21). The lowest BCUT2D eigenvalue weighted by Crippen LogP contribution is -2.30. The number of hydrogen-bond acceptors (Lipinski definition) is 4. The Morgan fingerprint density at radius 3 is 2.58 bits per heavy atom. The van der Waals surface area contributed by atoms with Crippen molar-refractivity contribution in [3.63, 3.8) is 0 Å². The van der Waals surface area contributed by atoms with Crippen LogP contribution < -0.4 is 15.7 Å². The molecular formula is C19H17NO4. The van der Waals surface area contributed by atoms with Crippen molar-refractivity contribution in [1.29, 1.82) is 0 Å². The lowest BCUT2D eigenvalue weighted by Gasteiger charge is -2.14. The molecule has 24 heavy (non-hydrogen) atoms. The number of benzene rings is 2. The lowest BCUT2D eigenvalue weighted by atomic mass is 10.1. The summed E-state index contributed by atoms with van der Waals surface area (Å²) in [5, 5.41) is 3.45. The van der Waals surface area contributed by atoms with Crippen molar-refractivity contribution in [3.8, 4) is 5.75 Å². The van der Waals surface area contributed by atoms with Crippen molar-refractivity contribution < 1.29 is 13.9 Å². The molecule has 0 saturated heterocycles. The van der Waals surface area contributed by atoms with E-state index in [9.17, 15) is 9.59 Å². The maximum atomic E-state index is 12.4. The van der Waals surface area contributed by atoms with Crippen LogP contribution in [0.3, 0.4) is 0 Å². The summed E-state index contributed by atoms with van der Waals surface area (Å²) >= 11 is 0. The summed E-state index contributed by atoms with van der Waals surface area (Å²) in [6.07, 6.45) is 0. The van der Waals surface area contributed by atoms with E-state index in [-0.39, 0.29) is 11.6 Å². The van der Waals surface area contributed by atoms with Gasteiger partial charge in [-0.15, -0.1) is 0 Å². The van der Waals surface area contributed by atoms with Crippen LogP contribution >= 0.6 is 0 Å². The number of para-hydroxylation sites is 1. The number of methoxy groups -OCH3 is 1. The fourth-order valence-electron chi connectivity index (χ4n) is 2.54. The van der Waals surface area contributed by atoms with Crippen LogP contribution in [0.25, 0.3) is 11.0 Å². The summed E-state index contributed by atoms with van der Waals surface area (Å²) in [5.74, 6) is -0.0148. The van der Waals surface area contributed by atoms with Gasteiger partial charge in [-0.2, -0.15) is 0 Å². The van der Waals surface area contributed by atoms with E-state index in [1.54, 1.807) is 18.2 Å². The molecule has 1 atom stereocenters. The third kappa shape index (κ3) is 3.01. The van der Waals surface area contributed by atoms with E-state index in [2.05, 4.69) is 5.32 Å². The van der Waals surface area contributed by atoms with Gasteiger partial charge in [0, 0.05) is 5.39 Å². The third-order valence-corrected chi connectivity index (χ3v) is 3.84. The second kappa shape index (κ2) is 6.58. The maximum absolute atomic E-state index is 12.4. The Hall–Kier alpha value is -3.08. The average Bonchev–Trinajstić information content (AvgIpc) is 2.61. The number of nitrogens with one attached hydrogen (secondary N) is 1. The predicted octanol–water partition coefficient (Wildman–Crippen LogP) is 3.29. The number of carbonyl (C=O) groups is 1. The zero-order valence-corrected chi connectivity index (χ0v) is 13.4. The average molecular weight is 323 g/mol. The highest BCUT2D eigenvalue weighted by molar-refractivity contribution is 5.97. The number of hydrogen-bond donors (Lipinski definition) is 1. The molecule has 1 unspecified atom stereocenters. The number of carbonyl (C=O) groups excluding carboxylic acids is 1. The van der Waals surface area contributed by atoms with Crippen molar-refractivity contribution >= 4 is 16.9 Å². The molecule has 5 heteroatoms. The van der Waals surface area contributed by atoms with E-state index in [1.165, 1.54) is 13.2 Å². The zero-order chi connectivity index (χ0) is 17.1. The van der Waals surface area contributed by atoms with Crippen molar-refractivity contribution in [2.24, 2.45) is 0 Å². The molecule has 1 N–H and O–H groups in total. The summed E-state index contributed by atoms with van der Waals surface area (Å²) in [4.78, 5) is 24.6. The van der Waals surface area contributed by atoms with Crippen LogP contribution in [0.1, 0.15) is 28.9 Å². The van der Waals surface area contributed by atoms with Crippen LogP contribution in [0, 0.1) is 0 Å². The molecule has 1 amide bonds. The SMILES string of the molecule is COc1cccc2cc(C(=O)NC(C)c3ccccc3)c(=O)oc12. The molecule has 0 aliphatic heterocycles. The molecule has 1 aromatic heterocycles. The molecule has 0 saturated carbocycles. The number of amides is 1. The highest BCUT2D eigenvalue weighted by Gasteiger charge is 2.17. The molecule has 0 aliphatic rings. The molecule has 1 heterocycles. The number of fused-ring (bicyclic) bond motifs is 1. The van der Waals surface area contributed by atoms with Gasteiger partial charge in [-0.3, -0.25) is 4.79 Å². The van der Waals surface area contributed by atoms with Crippen LogP contribution in [0.15, 0.2) is 63.8 Å². The largest absolute Gasteiger partial charge is 0.493 e. The Morgan fingerprint density at radius 1 is 1.12 bits per heavy atom. The minimum absolute atomic E-state index is 0.0291. The summed E-state index contributed by atoms with van der Waals surface area (Å²) < 4.78 is 10.5. The molecule has 0 radical (unpaired) electrons. The Bertz CT molecular complexity index is 931. The minimum atomic E-state index is -0.690. The van der Waals surface area contributed by atoms with Crippen molar-refractivity contribution in [1.82, 2.24) is 5.32 Å². The van der Waals surface area contributed by atoms with Crippen LogP contribution in [0.5, 0.6) is 5.75 Å². The van der Waals surface area contributed by atoms with Gasteiger partial charge in [-0.1, -0.05) is 42.5 Å². The quantitative estimate of drug-likeness (QED) is 0.748. The second-order valence-electron chi connectivity index (χ2n) is 5.43. The second-order valence-corrected chi connectivity index (χ2v) is 5.43. The summed E-state index contributed by atoms with van der Waals surface area (Å²) in [5.41, 5.74) is 0.568. The number of rotatable bonds is 4. The first-order chi connectivity index (χ1) is 11.6. The van der Waals surface area contributed by atoms with E-state index >= 15 is 0 Å². The monoisotopic (exact) mass is 323 g/mol. The Morgan fingerprint density at radius 2 is 1.88 bits per heavy atom. The molecule has 5 nitrogen and oxygen atoms in total.